The van der Waals surface area contributed by atoms with Crippen LogP contribution in [-0.2, 0) is 0 Å². The van der Waals surface area contributed by atoms with Crippen molar-refractivity contribution in [2.75, 3.05) is 5.32 Å². The Morgan fingerprint density at radius 1 is 1.37 bits per heavy atom. The van der Waals surface area contributed by atoms with Crippen LogP contribution < -0.4 is 5.32 Å². The average molecular weight is 319 g/mol. The first kappa shape index (κ1) is 13.0. The van der Waals surface area contributed by atoms with Gasteiger partial charge in [-0.1, -0.05) is 22.4 Å². The first-order valence-electron chi connectivity index (χ1n) is 7.13. The monoisotopic (exact) mass is 318 g/mol. The molecule has 0 saturated heterocycles. The number of anilines is 1. The topological polar surface area (TPSA) is 35.8 Å². The van der Waals surface area contributed by atoms with E-state index in [9.17, 15) is 5.26 Å². The molecule has 1 aromatic carbocycles. The fourth-order valence-electron chi connectivity index (χ4n) is 3.99. The molecule has 0 aliphatic heterocycles. The summed E-state index contributed by atoms with van der Waals surface area (Å²) < 4.78 is 0.960. The molecule has 0 radical (unpaired) electrons. The summed E-state index contributed by atoms with van der Waals surface area (Å²) in [5.41, 5.74) is 1.70. The molecule has 100 valence electrons. The zero-order valence-electron chi connectivity index (χ0n) is 11.2. The van der Waals surface area contributed by atoms with Gasteiger partial charge < -0.3 is 5.32 Å². The maximum atomic E-state index is 9.22. The molecule has 2 aliphatic rings. The van der Waals surface area contributed by atoms with E-state index in [1.54, 1.807) is 0 Å². The van der Waals surface area contributed by atoms with Crippen molar-refractivity contribution >= 4 is 21.6 Å². The Bertz CT molecular complexity index is 520. The van der Waals surface area contributed by atoms with Crippen LogP contribution in [0.15, 0.2) is 22.7 Å². The van der Waals surface area contributed by atoms with Crippen LogP contribution in [0.2, 0.25) is 0 Å². The molecule has 4 atom stereocenters. The predicted octanol–water partition coefficient (Wildman–Crippen LogP) is 4.56. The summed E-state index contributed by atoms with van der Waals surface area (Å²) in [6, 6.07) is 8.62. The van der Waals surface area contributed by atoms with Crippen LogP contribution in [0.3, 0.4) is 0 Å². The summed E-state index contributed by atoms with van der Waals surface area (Å²) in [6.07, 6.45) is 5.65. The van der Waals surface area contributed by atoms with E-state index in [1.807, 2.05) is 18.2 Å². The van der Waals surface area contributed by atoms with Gasteiger partial charge in [0.1, 0.15) is 6.07 Å². The van der Waals surface area contributed by atoms with E-state index in [1.165, 1.54) is 25.7 Å². The molecule has 19 heavy (non-hydrogen) atoms. The Morgan fingerprint density at radius 3 is 2.84 bits per heavy atom. The molecule has 1 N–H and O–H groups in total. The number of nitrogens with one attached hydrogen (secondary N) is 1. The Labute approximate surface area is 123 Å². The van der Waals surface area contributed by atoms with Crippen molar-refractivity contribution in [3.8, 4) is 6.07 Å². The third kappa shape index (κ3) is 2.51. The van der Waals surface area contributed by atoms with Crippen LogP contribution in [0, 0.1) is 29.1 Å². The molecular formula is C16H19BrN2. The van der Waals surface area contributed by atoms with Gasteiger partial charge in [-0.3, -0.25) is 0 Å². The quantitative estimate of drug-likeness (QED) is 0.886. The summed E-state index contributed by atoms with van der Waals surface area (Å²) >= 11 is 3.42. The third-order valence-corrected chi connectivity index (χ3v) is 5.41. The van der Waals surface area contributed by atoms with Crippen molar-refractivity contribution in [1.82, 2.24) is 0 Å². The molecule has 1 aromatic rings. The van der Waals surface area contributed by atoms with Crippen molar-refractivity contribution in [2.45, 2.75) is 38.6 Å². The summed E-state index contributed by atoms with van der Waals surface area (Å²) in [7, 11) is 0. The minimum absolute atomic E-state index is 0.462. The van der Waals surface area contributed by atoms with Crippen molar-refractivity contribution in [1.29, 1.82) is 5.26 Å². The molecular weight excluding hydrogens is 300 g/mol. The van der Waals surface area contributed by atoms with Gasteiger partial charge >= 0.3 is 0 Å². The Balaban J connectivity index is 1.73. The lowest BCUT2D eigenvalue weighted by Gasteiger charge is -2.29. The minimum Gasteiger partial charge on any atom is -0.381 e. The van der Waals surface area contributed by atoms with E-state index in [0.717, 1.165) is 33.5 Å². The van der Waals surface area contributed by atoms with Gasteiger partial charge in [-0.15, -0.1) is 0 Å². The SMILES string of the molecule is CC(Nc1ccc(Br)cc1C#N)C1CC2CCC1C2. The fourth-order valence-corrected chi connectivity index (χ4v) is 4.35. The van der Waals surface area contributed by atoms with Crippen LogP contribution in [0.4, 0.5) is 5.69 Å². The molecule has 2 aliphatic carbocycles. The number of rotatable bonds is 3. The molecule has 2 bridgehead atoms. The number of fused-ring (bicyclic) bond motifs is 2. The lowest BCUT2D eigenvalue weighted by atomic mass is 9.84. The summed E-state index contributed by atoms with van der Waals surface area (Å²) in [5.74, 6) is 2.67. The second-order valence-electron chi connectivity index (χ2n) is 6.07. The number of halogens is 1. The molecule has 0 aromatic heterocycles. The number of nitrogens with zero attached hydrogens (tertiary/aromatic N) is 1. The third-order valence-electron chi connectivity index (χ3n) is 4.92. The largest absolute Gasteiger partial charge is 0.381 e. The molecule has 3 rings (SSSR count). The number of hydrogen-bond donors (Lipinski definition) is 1. The average Bonchev–Trinajstić information content (AvgIpc) is 3.03. The van der Waals surface area contributed by atoms with Gasteiger partial charge in [-0.05, 0) is 62.1 Å². The highest BCUT2D eigenvalue weighted by atomic mass is 79.9. The van der Waals surface area contributed by atoms with E-state index in [0.29, 0.717) is 6.04 Å². The highest BCUT2D eigenvalue weighted by Gasteiger charge is 2.41. The van der Waals surface area contributed by atoms with Gasteiger partial charge in [0.15, 0.2) is 0 Å². The lowest BCUT2D eigenvalue weighted by Crippen LogP contribution is -2.30. The van der Waals surface area contributed by atoms with Crippen LogP contribution in [0.25, 0.3) is 0 Å². The second-order valence-corrected chi connectivity index (χ2v) is 6.99. The van der Waals surface area contributed by atoms with Gasteiger partial charge in [0.05, 0.1) is 11.3 Å². The normalized spacial score (nSPS) is 30.1. The molecule has 2 nitrogen and oxygen atoms in total. The van der Waals surface area contributed by atoms with Gasteiger partial charge in [-0.25, -0.2) is 0 Å². The number of nitriles is 1. The van der Waals surface area contributed by atoms with E-state index in [-0.39, 0.29) is 0 Å². The molecule has 0 amide bonds. The Morgan fingerprint density at radius 2 is 2.21 bits per heavy atom. The Hall–Kier alpha value is -1.01. The first-order valence-corrected chi connectivity index (χ1v) is 7.93. The van der Waals surface area contributed by atoms with Crippen LogP contribution in [-0.4, -0.2) is 6.04 Å². The molecule has 4 unspecified atom stereocenters. The standard InChI is InChI=1S/C16H19BrN2/c1-10(15-7-11-2-3-12(15)6-11)19-16-5-4-14(17)8-13(16)9-18/h4-5,8,10-12,15,19H,2-3,6-7H2,1H3. The van der Waals surface area contributed by atoms with Gasteiger partial charge in [0, 0.05) is 10.5 Å². The summed E-state index contributed by atoms with van der Waals surface area (Å²) in [5, 5.41) is 12.8. The summed E-state index contributed by atoms with van der Waals surface area (Å²) in [4.78, 5) is 0. The molecule has 2 saturated carbocycles. The predicted molar refractivity (Wildman–Crippen MR) is 80.9 cm³/mol. The van der Waals surface area contributed by atoms with Crippen molar-refractivity contribution < 1.29 is 0 Å². The maximum absolute atomic E-state index is 9.22. The van der Waals surface area contributed by atoms with E-state index in [2.05, 4.69) is 34.2 Å². The van der Waals surface area contributed by atoms with Crippen molar-refractivity contribution in [2.24, 2.45) is 17.8 Å². The van der Waals surface area contributed by atoms with E-state index in [4.69, 9.17) is 0 Å². The first-order chi connectivity index (χ1) is 9.17. The second kappa shape index (κ2) is 5.17. The molecule has 3 heteroatoms. The number of hydrogen-bond acceptors (Lipinski definition) is 2. The van der Waals surface area contributed by atoms with E-state index >= 15 is 0 Å². The number of benzene rings is 1. The molecule has 2 fully saturated rings. The fraction of sp³-hybridized carbons (Fsp3) is 0.562. The molecule has 0 spiro atoms. The highest BCUT2D eigenvalue weighted by Crippen LogP contribution is 2.49. The van der Waals surface area contributed by atoms with Crippen LogP contribution >= 0.6 is 15.9 Å². The minimum atomic E-state index is 0.462. The van der Waals surface area contributed by atoms with Gasteiger partial charge in [-0.2, -0.15) is 5.26 Å². The zero-order chi connectivity index (χ0) is 13.4. The van der Waals surface area contributed by atoms with Crippen molar-refractivity contribution in [3.05, 3.63) is 28.2 Å². The van der Waals surface area contributed by atoms with Crippen LogP contribution in [0.5, 0.6) is 0 Å². The maximum Gasteiger partial charge on any atom is 0.101 e. The van der Waals surface area contributed by atoms with Gasteiger partial charge in [0.25, 0.3) is 0 Å². The highest BCUT2D eigenvalue weighted by molar-refractivity contribution is 9.10. The lowest BCUT2D eigenvalue weighted by molar-refractivity contribution is 0.304. The molecule has 0 heterocycles. The van der Waals surface area contributed by atoms with E-state index < -0.39 is 0 Å². The van der Waals surface area contributed by atoms with Crippen LogP contribution in [0.1, 0.15) is 38.2 Å². The summed E-state index contributed by atoms with van der Waals surface area (Å²) in [6.45, 7) is 2.27. The Kier molecular flexibility index (Phi) is 3.54. The van der Waals surface area contributed by atoms with Gasteiger partial charge in [0.2, 0.25) is 0 Å². The smallest absolute Gasteiger partial charge is 0.101 e. The van der Waals surface area contributed by atoms with Crippen molar-refractivity contribution in [3.63, 3.8) is 0 Å². The zero-order valence-corrected chi connectivity index (χ0v) is 12.8.